The van der Waals surface area contributed by atoms with Gasteiger partial charge in [-0.2, -0.15) is 0 Å². The topological polar surface area (TPSA) is 0 Å². The lowest BCUT2D eigenvalue weighted by Gasteiger charge is -2.19. The van der Waals surface area contributed by atoms with Crippen molar-refractivity contribution < 1.29 is 0 Å². The molecule has 0 aromatic rings. The van der Waals surface area contributed by atoms with Crippen molar-refractivity contribution in [2.45, 2.75) is 44.9 Å². The molecular weight excluding hydrogens is 132 g/mol. The van der Waals surface area contributed by atoms with E-state index in [1.807, 2.05) is 0 Å². The van der Waals surface area contributed by atoms with Gasteiger partial charge in [0.2, 0.25) is 0 Å². The lowest BCUT2D eigenvalue weighted by atomic mass is 9.87. The maximum absolute atomic E-state index is 2.38. The third kappa shape index (κ3) is 1.85. The Bertz CT molecular complexity index is 140. The smallest absolute Gasteiger partial charge is 0.0199 e. The van der Waals surface area contributed by atoms with E-state index in [-0.39, 0.29) is 0 Å². The number of allylic oxidation sites excluding steroid dienone is 2. The van der Waals surface area contributed by atoms with Crippen LogP contribution in [-0.4, -0.2) is 0 Å². The molecule has 2 aliphatic carbocycles. The summed E-state index contributed by atoms with van der Waals surface area (Å²) >= 11 is 0. The standard InChI is InChI=1S/C11H18/c1-2-5-10(4-1)8-9-11-6-3-7-11/h3,6,10-11H,1-2,4-5,7-9H2/t11-/m1/s1. The summed E-state index contributed by atoms with van der Waals surface area (Å²) in [4.78, 5) is 0. The van der Waals surface area contributed by atoms with Gasteiger partial charge in [0, 0.05) is 0 Å². The Morgan fingerprint density at radius 1 is 1.09 bits per heavy atom. The highest BCUT2D eigenvalue weighted by Gasteiger charge is 2.17. The summed E-state index contributed by atoms with van der Waals surface area (Å²) in [5, 5.41) is 0. The van der Waals surface area contributed by atoms with Gasteiger partial charge < -0.3 is 0 Å². The van der Waals surface area contributed by atoms with Crippen LogP contribution < -0.4 is 0 Å². The van der Waals surface area contributed by atoms with Crippen molar-refractivity contribution >= 4 is 0 Å². The van der Waals surface area contributed by atoms with Crippen molar-refractivity contribution in [2.24, 2.45) is 11.8 Å². The first kappa shape index (κ1) is 7.39. The molecule has 0 heterocycles. The van der Waals surface area contributed by atoms with Gasteiger partial charge in [-0.1, -0.05) is 37.8 Å². The largest absolute Gasteiger partial charge is 0.0877 e. The van der Waals surface area contributed by atoms with Crippen LogP contribution in [0.15, 0.2) is 12.2 Å². The molecule has 2 aliphatic rings. The Morgan fingerprint density at radius 3 is 2.36 bits per heavy atom. The molecule has 0 aliphatic heterocycles. The predicted octanol–water partition coefficient (Wildman–Crippen LogP) is 3.53. The average Bonchev–Trinajstić information content (AvgIpc) is 2.36. The highest BCUT2D eigenvalue weighted by Crippen LogP contribution is 2.32. The van der Waals surface area contributed by atoms with E-state index in [1.54, 1.807) is 0 Å². The van der Waals surface area contributed by atoms with Crippen molar-refractivity contribution in [3.05, 3.63) is 12.2 Å². The summed E-state index contributed by atoms with van der Waals surface area (Å²) < 4.78 is 0. The Hall–Kier alpha value is -0.260. The maximum Gasteiger partial charge on any atom is -0.0199 e. The van der Waals surface area contributed by atoms with Gasteiger partial charge in [0.05, 0.1) is 0 Å². The SMILES string of the molecule is C1=C[C@@H](CCC2CCCC2)C1. The van der Waals surface area contributed by atoms with Crippen LogP contribution in [0.4, 0.5) is 0 Å². The van der Waals surface area contributed by atoms with Crippen molar-refractivity contribution in [3.63, 3.8) is 0 Å². The molecule has 0 heteroatoms. The first-order valence-electron chi connectivity index (χ1n) is 5.12. The van der Waals surface area contributed by atoms with E-state index in [0.717, 1.165) is 11.8 Å². The van der Waals surface area contributed by atoms with E-state index in [0.29, 0.717) is 0 Å². The monoisotopic (exact) mass is 150 g/mol. The molecule has 0 amide bonds. The first-order valence-corrected chi connectivity index (χ1v) is 5.12. The fourth-order valence-electron chi connectivity index (χ4n) is 2.29. The fraction of sp³-hybridized carbons (Fsp3) is 0.818. The minimum absolute atomic E-state index is 0.968. The van der Waals surface area contributed by atoms with Crippen LogP contribution >= 0.6 is 0 Å². The van der Waals surface area contributed by atoms with E-state index >= 15 is 0 Å². The van der Waals surface area contributed by atoms with Crippen LogP contribution in [0, 0.1) is 11.8 Å². The molecule has 2 rings (SSSR count). The van der Waals surface area contributed by atoms with Crippen LogP contribution in [0.25, 0.3) is 0 Å². The molecule has 0 spiro atoms. The Kier molecular flexibility index (Phi) is 2.30. The molecule has 62 valence electrons. The summed E-state index contributed by atoms with van der Waals surface area (Å²) in [6.07, 6.45) is 15.1. The molecule has 11 heavy (non-hydrogen) atoms. The van der Waals surface area contributed by atoms with Crippen LogP contribution in [-0.2, 0) is 0 Å². The molecular formula is C11H18. The third-order valence-corrected chi connectivity index (χ3v) is 3.27. The molecule has 0 aromatic heterocycles. The zero-order valence-electron chi connectivity index (χ0n) is 7.26. The first-order chi connectivity index (χ1) is 5.45. The van der Waals surface area contributed by atoms with Gasteiger partial charge in [0.25, 0.3) is 0 Å². The second-order valence-electron chi connectivity index (χ2n) is 4.15. The molecule has 1 atom stereocenters. The molecule has 0 unspecified atom stereocenters. The van der Waals surface area contributed by atoms with Crippen molar-refractivity contribution in [1.82, 2.24) is 0 Å². The molecule has 0 N–H and O–H groups in total. The normalized spacial score (nSPS) is 30.7. The summed E-state index contributed by atoms with van der Waals surface area (Å²) in [7, 11) is 0. The average molecular weight is 150 g/mol. The van der Waals surface area contributed by atoms with Crippen LogP contribution in [0.5, 0.6) is 0 Å². The van der Waals surface area contributed by atoms with Gasteiger partial charge >= 0.3 is 0 Å². The van der Waals surface area contributed by atoms with Gasteiger partial charge in [-0.25, -0.2) is 0 Å². The maximum atomic E-state index is 2.38. The summed E-state index contributed by atoms with van der Waals surface area (Å²) in [6, 6.07) is 0. The van der Waals surface area contributed by atoms with Gasteiger partial charge in [-0.15, -0.1) is 0 Å². The van der Waals surface area contributed by atoms with E-state index < -0.39 is 0 Å². The minimum Gasteiger partial charge on any atom is -0.0877 e. The number of hydrogen-bond acceptors (Lipinski definition) is 0. The highest BCUT2D eigenvalue weighted by molar-refractivity contribution is 5.01. The van der Waals surface area contributed by atoms with Gasteiger partial charge in [-0.3, -0.25) is 0 Å². The number of rotatable bonds is 3. The van der Waals surface area contributed by atoms with Crippen molar-refractivity contribution in [1.29, 1.82) is 0 Å². The minimum atomic E-state index is 0.968. The fourth-order valence-corrected chi connectivity index (χ4v) is 2.29. The quantitative estimate of drug-likeness (QED) is 0.540. The Labute approximate surface area is 69.7 Å². The summed E-state index contributed by atoms with van der Waals surface area (Å²) in [6.45, 7) is 0. The Balaban J connectivity index is 1.61. The Morgan fingerprint density at radius 2 is 1.82 bits per heavy atom. The molecule has 1 fully saturated rings. The molecule has 0 bridgehead atoms. The third-order valence-electron chi connectivity index (χ3n) is 3.27. The molecule has 0 saturated heterocycles. The van der Waals surface area contributed by atoms with Crippen molar-refractivity contribution in [2.75, 3.05) is 0 Å². The van der Waals surface area contributed by atoms with Crippen molar-refractivity contribution in [3.8, 4) is 0 Å². The summed E-state index contributed by atoms with van der Waals surface area (Å²) in [5.41, 5.74) is 0. The second kappa shape index (κ2) is 3.42. The van der Waals surface area contributed by atoms with Crippen LogP contribution in [0.3, 0.4) is 0 Å². The molecule has 1 saturated carbocycles. The van der Waals surface area contributed by atoms with E-state index in [4.69, 9.17) is 0 Å². The van der Waals surface area contributed by atoms with Gasteiger partial charge in [0.1, 0.15) is 0 Å². The lowest BCUT2D eigenvalue weighted by molar-refractivity contribution is 0.425. The van der Waals surface area contributed by atoms with E-state index in [2.05, 4.69) is 12.2 Å². The van der Waals surface area contributed by atoms with Crippen LogP contribution in [0.2, 0.25) is 0 Å². The molecule has 0 aromatic carbocycles. The zero-order chi connectivity index (χ0) is 7.52. The molecule has 0 radical (unpaired) electrons. The van der Waals surface area contributed by atoms with Crippen LogP contribution in [0.1, 0.15) is 44.9 Å². The summed E-state index contributed by atoms with van der Waals surface area (Å²) in [5.74, 6) is 2.07. The second-order valence-corrected chi connectivity index (χ2v) is 4.15. The predicted molar refractivity (Wildman–Crippen MR) is 48.4 cm³/mol. The number of hydrogen-bond donors (Lipinski definition) is 0. The van der Waals surface area contributed by atoms with Gasteiger partial charge in [-0.05, 0) is 31.1 Å². The van der Waals surface area contributed by atoms with E-state index in [1.165, 1.54) is 44.9 Å². The van der Waals surface area contributed by atoms with E-state index in [9.17, 15) is 0 Å². The van der Waals surface area contributed by atoms with Gasteiger partial charge in [0.15, 0.2) is 0 Å². The lowest BCUT2D eigenvalue weighted by Crippen LogP contribution is -2.05. The zero-order valence-corrected chi connectivity index (χ0v) is 7.26. The molecule has 0 nitrogen and oxygen atoms in total. The highest BCUT2D eigenvalue weighted by atomic mass is 14.2.